The van der Waals surface area contributed by atoms with E-state index >= 15 is 0 Å². The zero-order valence-corrected chi connectivity index (χ0v) is 15.3. The number of amides is 1. The molecule has 1 amide bonds. The summed E-state index contributed by atoms with van der Waals surface area (Å²) < 4.78 is 13.0. The van der Waals surface area contributed by atoms with Crippen LogP contribution in [0.4, 0.5) is 4.39 Å². The first kappa shape index (κ1) is 21.2. The second-order valence-corrected chi connectivity index (χ2v) is 6.42. The highest BCUT2D eigenvalue weighted by molar-refractivity contribution is 5.85. The van der Waals surface area contributed by atoms with Crippen LogP contribution in [-0.2, 0) is 11.3 Å². The Bertz CT molecular complexity index is 521. The summed E-state index contributed by atoms with van der Waals surface area (Å²) >= 11 is 0. The van der Waals surface area contributed by atoms with Crippen LogP contribution in [0.5, 0.6) is 0 Å². The number of hydrogen-bond donors (Lipinski definition) is 1. The van der Waals surface area contributed by atoms with Crippen LogP contribution in [0, 0.1) is 5.82 Å². The van der Waals surface area contributed by atoms with E-state index in [4.69, 9.17) is 5.73 Å². The van der Waals surface area contributed by atoms with Gasteiger partial charge in [-0.05, 0) is 49.9 Å². The lowest BCUT2D eigenvalue weighted by molar-refractivity contribution is -0.137. The molecule has 2 saturated heterocycles. The molecule has 4 nitrogen and oxygen atoms in total. The van der Waals surface area contributed by atoms with E-state index in [9.17, 15) is 9.18 Å². The zero-order valence-electron chi connectivity index (χ0n) is 13.7. The predicted molar refractivity (Wildman–Crippen MR) is 98.1 cm³/mol. The van der Waals surface area contributed by atoms with Crippen molar-refractivity contribution >= 4 is 30.7 Å². The molecule has 1 aromatic carbocycles. The van der Waals surface area contributed by atoms with Crippen LogP contribution in [-0.4, -0.2) is 47.4 Å². The Morgan fingerprint density at radius 1 is 1.08 bits per heavy atom. The molecule has 7 heteroatoms. The molecule has 1 unspecified atom stereocenters. The molecule has 1 atom stereocenters. The van der Waals surface area contributed by atoms with Crippen molar-refractivity contribution in [2.24, 2.45) is 5.73 Å². The van der Waals surface area contributed by atoms with E-state index in [2.05, 4.69) is 4.90 Å². The van der Waals surface area contributed by atoms with E-state index in [-0.39, 0.29) is 48.6 Å². The van der Waals surface area contributed by atoms with Gasteiger partial charge >= 0.3 is 0 Å². The number of benzene rings is 1. The van der Waals surface area contributed by atoms with Gasteiger partial charge in [-0.3, -0.25) is 9.69 Å². The summed E-state index contributed by atoms with van der Waals surface area (Å²) in [6.07, 6.45) is 3.76. The van der Waals surface area contributed by atoms with Crippen LogP contribution in [0.15, 0.2) is 24.3 Å². The standard InChI is InChI=1S/C17H24FN3O.2ClH/c18-14-5-3-13(4-6-14)12-21-9-1-2-16(21)17(22)20-10-7-15(19)8-11-20;;/h3-6,15-16H,1-2,7-12,19H2;2*1H. The smallest absolute Gasteiger partial charge is 0.239 e. The van der Waals surface area contributed by atoms with Gasteiger partial charge in [-0.15, -0.1) is 24.8 Å². The predicted octanol–water partition coefficient (Wildman–Crippen LogP) is 2.58. The first-order valence-corrected chi connectivity index (χ1v) is 8.16. The Balaban J connectivity index is 0.00000144. The summed E-state index contributed by atoms with van der Waals surface area (Å²) in [7, 11) is 0. The van der Waals surface area contributed by atoms with E-state index in [0.29, 0.717) is 6.54 Å². The van der Waals surface area contributed by atoms with Gasteiger partial charge in [-0.2, -0.15) is 0 Å². The van der Waals surface area contributed by atoms with Crippen LogP contribution in [0.1, 0.15) is 31.2 Å². The number of rotatable bonds is 3. The second kappa shape index (κ2) is 9.56. The molecule has 2 aliphatic heterocycles. The summed E-state index contributed by atoms with van der Waals surface area (Å²) in [5.41, 5.74) is 6.97. The van der Waals surface area contributed by atoms with Gasteiger partial charge in [0.05, 0.1) is 6.04 Å². The molecule has 0 saturated carbocycles. The molecular formula is C17H26Cl2FN3O. The highest BCUT2D eigenvalue weighted by atomic mass is 35.5. The molecule has 3 rings (SSSR count). The van der Waals surface area contributed by atoms with Crippen molar-refractivity contribution in [3.63, 3.8) is 0 Å². The first-order valence-electron chi connectivity index (χ1n) is 8.16. The summed E-state index contributed by atoms with van der Waals surface area (Å²) in [6, 6.07) is 6.77. The van der Waals surface area contributed by atoms with Crippen molar-refractivity contribution < 1.29 is 9.18 Å². The topological polar surface area (TPSA) is 49.6 Å². The van der Waals surface area contributed by atoms with Gasteiger partial charge in [0.25, 0.3) is 0 Å². The molecule has 0 aromatic heterocycles. The van der Waals surface area contributed by atoms with Crippen molar-refractivity contribution in [3.05, 3.63) is 35.6 Å². The van der Waals surface area contributed by atoms with Gasteiger partial charge in [0, 0.05) is 25.7 Å². The normalized spacial score (nSPS) is 21.9. The Labute approximate surface area is 155 Å². The van der Waals surface area contributed by atoms with E-state index in [0.717, 1.165) is 50.9 Å². The maximum absolute atomic E-state index is 13.0. The number of halogens is 3. The fourth-order valence-corrected chi connectivity index (χ4v) is 3.45. The number of carbonyl (C=O) groups is 1. The monoisotopic (exact) mass is 377 g/mol. The Hall–Kier alpha value is -0.880. The van der Waals surface area contributed by atoms with Crippen LogP contribution in [0.25, 0.3) is 0 Å². The zero-order chi connectivity index (χ0) is 15.5. The minimum Gasteiger partial charge on any atom is -0.341 e. The van der Waals surface area contributed by atoms with Gasteiger partial charge in [-0.25, -0.2) is 4.39 Å². The number of nitrogens with two attached hydrogens (primary N) is 1. The number of carbonyl (C=O) groups excluding carboxylic acids is 1. The van der Waals surface area contributed by atoms with Gasteiger partial charge in [0.2, 0.25) is 5.91 Å². The number of hydrogen-bond acceptors (Lipinski definition) is 3. The lowest BCUT2D eigenvalue weighted by Gasteiger charge is -2.34. The van der Waals surface area contributed by atoms with Gasteiger partial charge in [0.1, 0.15) is 5.82 Å². The summed E-state index contributed by atoms with van der Waals surface area (Å²) in [5.74, 6) is 0.0222. The molecule has 0 radical (unpaired) electrons. The van der Waals surface area contributed by atoms with Crippen LogP contribution in [0.3, 0.4) is 0 Å². The van der Waals surface area contributed by atoms with Gasteiger partial charge in [-0.1, -0.05) is 12.1 Å². The highest BCUT2D eigenvalue weighted by Crippen LogP contribution is 2.23. The maximum Gasteiger partial charge on any atom is 0.239 e. The molecule has 24 heavy (non-hydrogen) atoms. The molecular weight excluding hydrogens is 352 g/mol. The third-order valence-corrected chi connectivity index (χ3v) is 4.80. The van der Waals surface area contributed by atoms with Crippen LogP contribution in [0.2, 0.25) is 0 Å². The lowest BCUT2D eigenvalue weighted by atomic mass is 10.0. The highest BCUT2D eigenvalue weighted by Gasteiger charge is 2.34. The molecule has 0 spiro atoms. The average Bonchev–Trinajstić information content (AvgIpc) is 2.98. The minimum absolute atomic E-state index is 0. The number of nitrogens with zero attached hydrogens (tertiary/aromatic N) is 2. The maximum atomic E-state index is 13.0. The molecule has 1 aromatic rings. The van der Waals surface area contributed by atoms with Crippen molar-refractivity contribution in [2.75, 3.05) is 19.6 Å². The molecule has 136 valence electrons. The third-order valence-electron chi connectivity index (χ3n) is 4.80. The lowest BCUT2D eigenvalue weighted by Crippen LogP contribution is -2.50. The first-order chi connectivity index (χ1) is 10.6. The summed E-state index contributed by atoms with van der Waals surface area (Å²) in [4.78, 5) is 16.9. The van der Waals surface area contributed by atoms with Crippen molar-refractivity contribution in [3.8, 4) is 0 Å². The van der Waals surface area contributed by atoms with Gasteiger partial charge in [0.15, 0.2) is 0 Å². The van der Waals surface area contributed by atoms with E-state index in [1.807, 2.05) is 4.90 Å². The molecule has 2 N–H and O–H groups in total. The summed E-state index contributed by atoms with van der Waals surface area (Å²) in [5, 5.41) is 0. The van der Waals surface area contributed by atoms with Crippen LogP contribution < -0.4 is 5.73 Å². The number of likely N-dealkylation sites (tertiary alicyclic amines) is 2. The minimum atomic E-state index is -0.220. The number of piperidine rings is 1. The third kappa shape index (κ3) is 5.06. The average molecular weight is 378 g/mol. The fraction of sp³-hybridized carbons (Fsp3) is 0.588. The van der Waals surface area contributed by atoms with Crippen LogP contribution >= 0.6 is 24.8 Å². The SMILES string of the molecule is Cl.Cl.NC1CCN(C(=O)C2CCCN2Cc2ccc(F)cc2)CC1. The fourth-order valence-electron chi connectivity index (χ4n) is 3.45. The van der Waals surface area contributed by atoms with E-state index in [1.165, 1.54) is 12.1 Å². The Morgan fingerprint density at radius 2 is 1.71 bits per heavy atom. The molecule has 0 aliphatic carbocycles. The quantitative estimate of drug-likeness (QED) is 0.880. The Kier molecular flexibility index (Phi) is 8.43. The van der Waals surface area contributed by atoms with Gasteiger partial charge < -0.3 is 10.6 Å². The van der Waals surface area contributed by atoms with E-state index < -0.39 is 0 Å². The molecule has 2 aliphatic rings. The second-order valence-electron chi connectivity index (χ2n) is 6.42. The van der Waals surface area contributed by atoms with Crippen molar-refractivity contribution in [1.82, 2.24) is 9.80 Å². The van der Waals surface area contributed by atoms with E-state index in [1.54, 1.807) is 12.1 Å². The van der Waals surface area contributed by atoms with Crippen molar-refractivity contribution in [2.45, 2.75) is 44.3 Å². The summed E-state index contributed by atoms with van der Waals surface area (Å²) in [6.45, 7) is 3.20. The molecule has 2 heterocycles. The largest absolute Gasteiger partial charge is 0.341 e. The van der Waals surface area contributed by atoms with Crippen molar-refractivity contribution in [1.29, 1.82) is 0 Å². The molecule has 2 fully saturated rings. The molecule has 0 bridgehead atoms. The Morgan fingerprint density at radius 3 is 2.33 bits per heavy atom.